The van der Waals surface area contributed by atoms with Gasteiger partial charge in [-0.05, 0) is 16.3 Å². The maximum Gasteiger partial charge on any atom is 0.387 e. The van der Waals surface area contributed by atoms with E-state index in [-0.39, 0.29) is 11.5 Å². The van der Waals surface area contributed by atoms with Crippen LogP contribution in [-0.4, -0.2) is 14.5 Å². The standard InChI is InChI=1S/C7H9Cl2N3O2/c1-2-3-11-4-10-7(12(13)14)5(11)6(8)9/h4,6H,2-3H2,1H3. The first-order chi connectivity index (χ1) is 6.57. The van der Waals surface area contributed by atoms with Crippen molar-refractivity contribution in [3.05, 3.63) is 22.1 Å². The van der Waals surface area contributed by atoms with E-state index in [0.717, 1.165) is 6.42 Å². The van der Waals surface area contributed by atoms with Crippen molar-refractivity contribution in [2.24, 2.45) is 0 Å². The zero-order valence-electron chi connectivity index (χ0n) is 7.48. The van der Waals surface area contributed by atoms with Crippen LogP contribution in [0, 0.1) is 10.1 Å². The Morgan fingerprint density at radius 2 is 2.36 bits per heavy atom. The molecular formula is C7H9Cl2N3O2. The number of nitrogens with zero attached hydrogens (tertiary/aromatic N) is 3. The Hall–Kier alpha value is -0.810. The molecular weight excluding hydrogens is 229 g/mol. The van der Waals surface area contributed by atoms with Crippen molar-refractivity contribution in [3.8, 4) is 0 Å². The van der Waals surface area contributed by atoms with E-state index in [9.17, 15) is 10.1 Å². The van der Waals surface area contributed by atoms with Crippen LogP contribution in [0.5, 0.6) is 0 Å². The lowest BCUT2D eigenvalue weighted by molar-refractivity contribution is -0.390. The molecule has 0 N–H and O–H groups in total. The van der Waals surface area contributed by atoms with Gasteiger partial charge in [0.05, 0.1) is 0 Å². The average Bonchev–Trinajstić information content (AvgIpc) is 2.48. The lowest BCUT2D eigenvalue weighted by Crippen LogP contribution is -2.03. The molecule has 14 heavy (non-hydrogen) atoms. The fourth-order valence-electron chi connectivity index (χ4n) is 1.16. The second-order valence-corrected chi connectivity index (χ2v) is 3.80. The Morgan fingerprint density at radius 3 is 2.79 bits per heavy atom. The fourth-order valence-corrected chi connectivity index (χ4v) is 1.61. The first-order valence-corrected chi connectivity index (χ1v) is 4.92. The van der Waals surface area contributed by atoms with Crippen LogP contribution in [0.1, 0.15) is 23.9 Å². The summed E-state index contributed by atoms with van der Waals surface area (Å²) in [5.41, 5.74) is 0.250. The number of hydrogen-bond donors (Lipinski definition) is 0. The first kappa shape index (κ1) is 11.3. The molecule has 0 spiro atoms. The highest BCUT2D eigenvalue weighted by Crippen LogP contribution is 2.31. The first-order valence-electron chi connectivity index (χ1n) is 4.05. The van der Waals surface area contributed by atoms with Crippen molar-refractivity contribution in [2.45, 2.75) is 24.7 Å². The highest BCUT2D eigenvalue weighted by atomic mass is 35.5. The molecule has 0 bridgehead atoms. The molecule has 0 aromatic carbocycles. The van der Waals surface area contributed by atoms with Gasteiger partial charge in [0.2, 0.25) is 6.33 Å². The maximum atomic E-state index is 10.6. The lowest BCUT2D eigenvalue weighted by Gasteiger charge is -2.04. The SMILES string of the molecule is CCCn1cnc([N+](=O)[O-])c1C(Cl)Cl. The van der Waals surface area contributed by atoms with E-state index in [1.165, 1.54) is 6.33 Å². The maximum absolute atomic E-state index is 10.6. The largest absolute Gasteiger partial charge is 0.387 e. The van der Waals surface area contributed by atoms with Gasteiger partial charge in [0, 0.05) is 6.54 Å². The topological polar surface area (TPSA) is 61.0 Å². The van der Waals surface area contributed by atoms with E-state index in [0.29, 0.717) is 6.54 Å². The van der Waals surface area contributed by atoms with E-state index in [1.54, 1.807) is 4.57 Å². The molecule has 0 radical (unpaired) electrons. The molecule has 0 aliphatic rings. The number of nitro groups is 1. The number of aromatic nitrogens is 2. The molecule has 0 aliphatic carbocycles. The minimum atomic E-state index is -0.926. The average molecular weight is 238 g/mol. The fraction of sp³-hybridized carbons (Fsp3) is 0.571. The summed E-state index contributed by atoms with van der Waals surface area (Å²) in [6.45, 7) is 2.57. The molecule has 1 heterocycles. The minimum absolute atomic E-state index is 0.250. The van der Waals surface area contributed by atoms with E-state index in [2.05, 4.69) is 4.98 Å². The normalized spacial score (nSPS) is 10.9. The molecule has 1 aromatic rings. The summed E-state index contributed by atoms with van der Waals surface area (Å²) in [6.07, 6.45) is 2.22. The molecule has 1 aromatic heterocycles. The van der Waals surface area contributed by atoms with Crippen molar-refractivity contribution in [1.29, 1.82) is 0 Å². The zero-order valence-corrected chi connectivity index (χ0v) is 8.99. The van der Waals surface area contributed by atoms with Crippen LogP contribution in [-0.2, 0) is 6.54 Å². The van der Waals surface area contributed by atoms with Gasteiger partial charge in [0.15, 0.2) is 10.5 Å². The van der Waals surface area contributed by atoms with Crippen LogP contribution in [0.15, 0.2) is 6.33 Å². The summed E-state index contributed by atoms with van der Waals surface area (Å²) >= 11 is 11.3. The van der Waals surface area contributed by atoms with Crippen molar-refractivity contribution in [3.63, 3.8) is 0 Å². The summed E-state index contributed by atoms with van der Waals surface area (Å²) in [6, 6.07) is 0. The molecule has 0 atom stereocenters. The van der Waals surface area contributed by atoms with Crippen molar-refractivity contribution in [1.82, 2.24) is 9.55 Å². The van der Waals surface area contributed by atoms with Gasteiger partial charge in [0.25, 0.3) is 0 Å². The molecule has 5 nitrogen and oxygen atoms in total. The van der Waals surface area contributed by atoms with E-state index in [1.807, 2.05) is 6.92 Å². The molecule has 0 saturated heterocycles. The highest BCUT2D eigenvalue weighted by Gasteiger charge is 2.25. The molecule has 0 unspecified atom stereocenters. The van der Waals surface area contributed by atoms with Crippen LogP contribution in [0.4, 0.5) is 5.82 Å². The Morgan fingerprint density at radius 1 is 1.71 bits per heavy atom. The van der Waals surface area contributed by atoms with Gasteiger partial charge in [-0.2, -0.15) is 0 Å². The van der Waals surface area contributed by atoms with Crippen molar-refractivity contribution < 1.29 is 4.92 Å². The van der Waals surface area contributed by atoms with Gasteiger partial charge < -0.3 is 14.7 Å². The summed E-state index contributed by atoms with van der Waals surface area (Å²) in [5, 5.41) is 10.6. The highest BCUT2D eigenvalue weighted by molar-refractivity contribution is 6.44. The summed E-state index contributed by atoms with van der Waals surface area (Å²) in [4.78, 5) is 12.7. The van der Waals surface area contributed by atoms with Gasteiger partial charge in [-0.25, -0.2) is 0 Å². The summed E-state index contributed by atoms with van der Waals surface area (Å²) in [5.74, 6) is -0.270. The van der Waals surface area contributed by atoms with Crippen LogP contribution >= 0.6 is 23.2 Å². The molecule has 0 fully saturated rings. The predicted molar refractivity (Wildman–Crippen MR) is 53.6 cm³/mol. The number of rotatable bonds is 4. The van der Waals surface area contributed by atoms with Gasteiger partial charge in [-0.1, -0.05) is 30.1 Å². The molecule has 0 aliphatic heterocycles. The van der Waals surface area contributed by atoms with Crippen LogP contribution in [0.25, 0.3) is 0 Å². The monoisotopic (exact) mass is 237 g/mol. The van der Waals surface area contributed by atoms with Crippen molar-refractivity contribution >= 4 is 29.0 Å². The van der Waals surface area contributed by atoms with Gasteiger partial charge >= 0.3 is 5.82 Å². The molecule has 7 heteroatoms. The smallest absolute Gasteiger partial charge is 0.358 e. The summed E-state index contributed by atoms with van der Waals surface area (Å²) < 4.78 is 1.60. The van der Waals surface area contributed by atoms with Crippen LogP contribution < -0.4 is 0 Å². The third-order valence-electron chi connectivity index (χ3n) is 1.70. The third-order valence-corrected chi connectivity index (χ3v) is 2.12. The number of aryl methyl sites for hydroxylation is 1. The zero-order chi connectivity index (χ0) is 10.7. The Balaban J connectivity index is 3.13. The van der Waals surface area contributed by atoms with Crippen molar-refractivity contribution in [2.75, 3.05) is 0 Å². The molecule has 78 valence electrons. The molecule has 0 amide bonds. The third kappa shape index (κ3) is 2.16. The predicted octanol–water partition coefficient (Wildman–Crippen LogP) is 2.68. The quantitative estimate of drug-likeness (QED) is 0.460. The van der Waals surface area contributed by atoms with Crippen LogP contribution in [0.3, 0.4) is 0 Å². The van der Waals surface area contributed by atoms with Gasteiger partial charge in [-0.3, -0.25) is 0 Å². The van der Waals surface area contributed by atoms with Crippen LogP contribution in [0.2, 0.25) is 0 Å². The second kappa shape index (κ2) is 4.61. The number of alkyl halides is 2. The van der Waals surface area contributed by atoms with E-state index in [4.69, 9.17) is 23.2 Å². The second-order valence-electron chi connectivity index (χ2n) is 2.70. The Labute approximate surface area is 90.8 Å². The molecule has 1 rings (SSSR count). The lowest BCUT2D eigenvalue weighted by atomic mass is 10.4. The Bertz CT molecular complexity index is 338. The summed E-state index contributed by atoms with van der Waals surface area (Å²) in [7, 11) is 0. The molecule has 0 saturated carbocycles. The number of hydrogen-bond acceptors (Lipinski definition) is 3. The number of halogens is 2. The van der Waals surface area contributed by atoms with Gasteiger partial charge in [-0.15, -0.1) is 0 Å². The Kier molecular flexibility index (Phi) is 3.71. The van der Waals surface area contributed by atoms with E-state index >= 15 is 0 Å². The minimum Gasteiger partial charge on any atom is -0.358 e. The van der Waals surface area contributed by atoms with Gasteiger partial charge in [0.1, 0.15) is 0 Å². The van der Waals surface area contributed by atoms with E-state index < -0.39 is 9.76 Å². The number of imidazole rings is 1.